The number of hydrogen-bond donors (Lipinski definition) is 1. The number of pyridine rings is 1. The third-order valence-electron chi connectivity index (χ3n) is 2.95. The lowest BCUT2D eigenvalue weighted by Crippen LogP contribution is -2.22. The van der Waals surface area contributed by atoms with Gasteiger partial charge < -0.3 is 5.32 Å². The molecule has 0 aliphatic heterocycles. The van der Waals surface area contributed by atoms with Crippen molar-refractivity contribution in [2.45, 2.75) is 19.4 Å². The van der Waals surface area contributed by atoms with Crippen LogP contribution in [-0.2, 0) is 6.42 Å². The Morgan fingerprint density at radius 3 is 2.68 bits per heavy atom. The first kappa shape index (κ1) is 13.6. The minimum absolute atomic E-state index is 0.0363. The molecule has 1 unspecified atom stereocenters. The number of halogens is 2. The zero-order valence-corrected chi connectivity index (χ0v) is 10.7. The van der Waals surface area contributed by atoms with E-state index in [1.165, 1.54) is 24.4 Å². The summed E-state index contributed by atoms with van der Waals surface area (Å²) in [5, 5.41) is 3.28. The molecule has 1 aromatic carbocycles. The van der Waals surface area contributed by atoms with Gasteiger partial charge in [-0.3, -0.25) is 4.98 Å². The van der Waals surface area contributed by atoms with Gasteiger partial charge in [-0.1, -0.05) is 12.1 Å². The first-order valence-electron chi connectivity index (χ1n) is 6.24. The van der Waals surface area contributed by atoms with E-state index in [9.17, 15) is 8.78 Å². The second-order valence-corrected chi connectivity index (χ2v) is 4.46. The molecular weight excluding hydrogens is 246 g/mol. The van der Waals surface area contributed by atoms with E-state index < -0.39 is 0 Å². The number of hydrogen-bond acceptors (Lipinski definition) is 2. The number of benzene rings is 1. The molecule has 2 aromatic rings. The summed E-state index contributed by atoms with van der Waals surface area (Å²) in [6, 6.07) is 9.66. The number of nitrogens with one attached hydrogen (secondary N) is 1. The molecule has 0 radical (unpaired) electrons. The van der Waals surface area contributed by atoms with Crippen molar-refractivity contribution in [1.29, 1.82) is 0 Å². The van der Waals surface area contributed by atoms with E-state index in [2.05, 4.69) is 10.3 Å². The molecule has 1 heterocycles. The van der Waals surface area contributed by atoms with Crippen LogP contribution in [0.4, 0.5) is 8.78 Å². The molecule has 4 heteroatoms. The molecule has 0 aliphatic rings. The summed E-state index contributed by atoms with van der Waals surface area (Å²) in [5.74, 6) is -0.554. The first-order valence-corrected chi connectivity index (χ1v) is 6.24. The van der Waals surface area contributed by atoms with E-state index in [1.54, 1.807) is 12.1 Å². The van der Waals surface area contributed by atoms with Crippen molar-refractivity contribution in [3.8, 4) is 0 Å². The zero-order chi connectivity index (χ0) is 13.7. The maximum absolute atomic E-state index is 13.0. The van der Waals surface area contributed by atoms with Crippen LogP contribution in [-0.4, -0.2) is 11.5 Å². The summed E-state index contributed by atoms with van der Waals surface area (Å²) in [6.45, 7) is 2.68. The lowest BCUT2D eigenvalue weighted by atomic mass is 10.1. The maximum Gasteiger partial charge on any atom is 0.141 e. The van der Waals surface area contributed by atoms with Crippen LogP contribution in [0.3, 0.4) is 0 Å². The molecule has 0 bridgehead atoms. The Bertz CT molecular complexity index is 526. The average molecular weight is 262 g/mol. The molecule has 1 atom stereocenters. The Kier molecular flexibility index (Phi) is 4.58. The Morgan fingerprint density at radius 2 is 2.00 bits per heavy atom. The van der Waals surface area contributed by atoms with Crippen LogP contribution in [0.2, 0.25) is 0 Å². The molecule has 0 saturated heterocycles. The number of nitrogens with zero attached hydrogens (tertiary/aromatic N) is 1. The molecule has 2 nitrogen and oxygen atoms in total. The Labute approximate surface area is 111 Å². The largest absolute Gasteiger partial charge is 0.309 e. The van der Waals surface area contributed by atoms with E-state index in [0.29, 0.717) is 6.54 Å². The standard InChI is InChI=1S/C15H16F2N2/c1-11(15-6-5-14(17)10-19-15)18-8-7-12-3-2-4-13(16)9-12/h2-6,9-11,18H,7-8H2,1H3. The number of rotatable bonds is 5. The van der Waals surface area contributed by atoms with Crippen molar-refractivity contribution in [3.63, 3.8) is 0 Å². The van der Waals surface area contributed by atoms with E-state index in [4.69, 9.17) is 0 Å². The highest BCUT2D eigenvalue weighted by molar-refractivity contribution is 5.16. The van der Waals surface area contributed by atoms with Crippen molar-refractivity contribution in [2.75, 3.05) is 6.54 Å². The predicted molar refractivity (Wildman–Crippen MR) is 70.7 cm³/mol. The molecule has 1 N–H and O–H groups in total. The van der Waals surface area contributed by atoms with Gasteiger partial charge in [-0.15, -0.1) is 0 Å². The van der Waals surface area contributed by atoms with Gasteiger partial charge in [0, 0.05) is 6.04 Å². The van der Waals surface area contributed by atoms with Gasteiger partial charge in [0.2, 0.25) is 0 Å². The fourth-order valence-electron chi connectivity index (χ4n) is 1.87. The van der Waals surface area contributed by atoms with E-state index in [0.717, 1.165) is 17.7 Å². The summed E-state index contributed by atoms with van der Waals surface area (Å²) in [4.78, 5) is 4.02. The molecular formula is C15H16F2N2. The van der Waals surface area contributed by atoms with Crippen LogP contribution in [0.25, 0.3) is 0 Å². The van der Waals surface area contributed by atoms with Crippen LogP contribution in [0.5, 0.6) is 0 Å². The van der Waals surface area contributed by atoms with Crippen LogP contribution >= 0.6 is 0 Å². The van der Waals surface area contributed by atoms with E-state index in [1.807, 2.05) is 13.0 Å². The van der Waals surface area contributed by atoms with Gasteiger partial charge in [0.1, 0.15) is 11.6 Å². The van der Waals surface area contributed by atoms with Gasteiger partial charge in [-0.05, 0) is 49.7 Å². The highest BCUT2D eigenvalue weighted by Crippen LogP contribution is 2.10. The minimum atomic E-state index is -0.337. The highest BCUT2D eigenvalue weighted by atomic mass is 19.1. The predicted octanol–water partition coefficient (Wildman–Crippen LogP) is 3.25. The van der Waals surface area contributed by atoms with Gasteiger partial charge in [-0.25, -0.2) is 8.78 Å². The Balaban J connectivity index is 1.84. The third kappa shape index (κ3) is 4.10. The smallest absolute Gasteiger partial charge is 0.141 e. The van der Waals surface area contributed by atoms with Gasteiger partial charge in [-0.2, -0.15) is 0 Å². The SMILES string of the molecule is CC(NCCc1cccc(F)c1)c1ccc(F)cn1. The summed E-state index contributed by atoms with van der Waals surface area (Å²) < 4.78 is 25.7. The van der Waals surface area contributed by atoms with Gasteiger partial charge >= 0.3 is 0 Å². The first-order chi connectivity index (χ1) is 9.15. The van der Waals surface area contributed by atoms with Crippen LogP contribution in [0.1, 0.15) is 24.2 Å². The lowest BCUT2D eigenvalue weighted by molar-refractivity contribution is 0.556. The maximum atomic E-state index is 13.0. The lowest BCUT2D eigenvalue weighted by Gasteiger charge is -2.13. The average Bonchev–Trinajstić information content (AvgIpc) is 2.39. The quantitative estimate of drug-likeness (QED) is 0.894. The Hall–Kier alpha value is -1.81. The second-order valence-electron chi connectivity index (χ2n) is 4.46. The Morgan fingerprint density at radius 1 is 1.16 bits per heavy atom. The van der Waals surface area contributed by atoms with E-state index in [-0.39, 0.29) is 17.7 Å². The molecule has 0 saturated carbocycles. The molecule has 1 aromatic heterocycles. The fourth-order valence-corrected chi connectivity index (χ4v) is 1.87. The topological polar surface area (TPSA) is 24.9 Å². The monoisotopic (exact) mass is 262 g/mol. The molecule has 0 aliphatic carbocycles. The third-order valence-corrected chi connectivity index (χ3v) is 2.95. The molecule has 2 rings (SSSR count). The summed E-state index contributed by atoms with van der Waals surface area (Å²) >= 11 is 0. The highest BCUT2D eigenvalue weighted by Gasteiger charge is 2.06. The zero-order valence-electron chi connectivity index (χ0n) is 10.7. The van der Waals surface area contributed by atoms with Gasteiger partial charge in [0.25, 0.3) is 0 Å². The van der Waals surface area contributed by atoms with Crippen LogP contribution in [0.15, 0.2) is 42.6 Å². The van der Waals surface area contributed by atoms with Crippen molar-refractivity contribution in [1.82, 2.24) is 10.3 Å². The summed E-state index contributed by atoms with van der Waals surface area (Å²) in [6.07, 6.45) is 1.95. The van der Waals surface area contributed by atoms with Crippen molar-refractivity contribution < 1.29 is 8.78 Å². The van der Waals surface area contributed by atoms with Gasteiger partial charge in [0.15, 0.2) is 0 Å². The molecule has 100 valence electrons. The van der Waals surface area contributed by atoms with Crippen molar-refractivity contribution >= 4 is 0 Å². The van der Waals surface area contributed by atoms with E-state index >= 15 is 0 Å². The second kappa shape index (κ2) is 6.38. The van der Waals surface area contributed by atoms with Crippen molar-refractivity contribution in [3.05, 3.63) is 65.5 Å². The summed E-state index contributed by atoms with van der Waals surface area (Å²) in [7, 11) is 0. The van der Waals surface area contributed by atoms with Crippen LogP contribution in [0, 0.1) is 11.6 Å². The molecule has 0 amide bonds. The molecule has 19 heavy (non-hydrogen) atoms. The summed E-state index contributed by atoms with van der Waals surface area (Å²) in [5.41, 5.74) is 1.74. The molecule has 0 fully saturated rings. The van der Waals surface area contributed by atoms with Crippen LogP contribution < -0.4 is 5.32 Å². The number of aromatic nitrogens is 1. The van der Waals surface area contributed by atoms with Crippen molar-refractivity contribution in [2.24, 2.45) is 0 Å². The fraction of sp³-hybridized carbons (Fsp3) is 0.267. The van der Waals surface area contributed by atoms with Gasteiger partial charge in [0.05, 0.1) is 11.9 Å². The minimum Gasteiger partial charge on any atom is -0.309 e. The molecule has 0 spiro atoms. The normalized spacial score (nSPS) is 12.4.